The van der Waals surface area contributed by atoms with Gasteiger partial charge in [-0.1, -0.05) is 24.1 Å². The largest absolute Gasteiger partial charge is 0.416 e. The van der Waals surface area contributed by atoms with Crippen LogP contribution in [0.15, 0.2) is 29.3 Å². The van der Waals surface area contributed by atoms with Crippen LogP contribution in [0.3, 0.4) is 0 Å². The number of aliphatic imine (C=N–C) groups is 1. The summed E-state index contributed by atoms with van der Waals surface area (Å²) in [6.07, 6.45) is -3.04. The van der Waals surface area contributed by atoms with E-state index in [0.29, 0.717) is 5.56 Å². The Balaban J connectivity index is 2.84. The lowest BCUT2D eigenvalue weighted by Gasteiger charge is -2.06. The molecule has 0 spiro atoms. The van der Waals surface area contributed by atoms with Crippen LogP contribution in [-0.4, -0.2) is 6.08 Å². The molecule has 0 saturated heterocycles. The zero-order valence-corrected chi connectivity index (χ0v) is 8.01. The summed E-state index contributed by atoms with van der Waals surface area (Å²) in [6, 6.07) is 6.94. The van der Waals surface area contributed by atoms with Crippen LogP contribution >= 0.6 is 0 Å². The molecule has 0 unspecified atom stereocenters. The molecule has 16 heavy (non-hydrogen) atoms. The summed E-state index contributed by atoms with van der Waals surface area (Å²) in [4.78, 5) is 12.6. The van der Waals surface area contributed by atoms with E-state index in [2.05, 4.69) is 17.0 Å². The number of hydrogen-bond donors (Lipinski definition) is 0. The Kier molecular flexibility index (Phi) is 3.87. The Morgan fingerprint density at radius 2 is 2.06 bits per heavy atom. The highest BCUT2D eigenvalue weighted by molar-refractivity contribution is 5.37. The monoisotopic (exact) mass is 225 g/mol. The van der Waals surface area contributed by atoms with Gasteiger partial charge in [-0.25, -0.2) is 4.79 Å². The standard InChI is InChI=1S/C11H6F3NO/c12-11(13,14)10-5-1-3-9(7-10)4-2-6-15-8-16/h1,3,5,7H,4H2. The molecule has 0 aliphatic heterocycles. The van der Waals surface area contributed by atoms with Crippen molar-refractivity contribution >= 4 is 6.08 Å². The minimum absolute atomic E-state index is 0.106. The third-order valence-electron chi connectivity index (χ3n) is 1.73. The number of alkyl halides is 3. The molecule has 0 N–H and O–H groups in total. The van der Waals surface area contributed by atoms with Gasteiger partial charge in [0.05, 0.1) is 5.56 Å². The first-order valence-corrected chi connectivity index (χ1v) is 4.25. The van der Waals surface area contributed by atoms with Crippen molar-refractivity contribution in [2.45, 2.75) is 12.6 Å². The lowest BCUT2D eigenvalue weighted by atomic mass is 10.1. The second kappa shape index (κ2) is 5.15. The van der Waals surface area contributed by atoms with E-state index < -0.39 is 11.7 Å². The van der Waals surface area contributed by atoms with Crippen LogP contribution in [0.4, 0.5) is 13.2 Å². The van der Waals surface area contributed by atoms with Gasteiger partial charge < -0.3 is 0 Å². The average Bonchev–Trinajstić information content (AvgIpc) is 2.24. The van der Waals surface area contributed by atoms with Gasteiger partial charge >= 0.3 is 6.18 Å². The molecule has 1 aromatic rings. The van der Waals surface area contributed by atoms with Crippen LogP contribution in [0.5, 0.6) is 0 Å². The Morgan fingerprint density at radius 3 is 2.69 bits per heavy atom. The van der Waals surface area contributed by atoms with Crippen LogP contribution in [-0.2, 0) is 17.4 Å². The third kappa shape index (κ3) is 3.60. The summed E-state index contributed by atoms with van der Waals surface area (Å²) in [5.41, 5.74) is -0.297. The number of hydrogen-bond acceptors (Lipinski definition) is 2. The molecule has 0 aliphatic carbocycles. The highest BCUT2D eigenvalue weighted by Gasteiger charge is 2.30. The molecule has 0 radical (unpaired) electrons. The summed E-state index contributed by atoms with van der Waals surface area (Å²) in [5, 5.41) is 0. The topological polar surface area (TPSA) is 29.4 Å². The number of rotatable bonds is 1. The highest BCUT2D eigenvalue weighted by Crippen LogP contribution is 2.29. The van der Waals surface area contributed by atoms with Crippen LogP contribution in [0, 0.1) is 12.0 Å². The molecule has 0 aliphatic rings. The lowest BCUT2D eigenvalue weighted by Crippen LogP contribution is -2.04. The van der Waals surface area contributed by atoms with Gasteiger partial charge in [-0.05, 0) is 11.6 Å². The molecule has 1 rings (SSSR count). The molecular weight excluding hydrogens is 219 g/mol. The van der Waals surface area contributed by atoms with Crippen LogP contribution in [0.25, 0.3) is 0 Å². The SMILES string of the molecule is O=C=NC#CCc1cccc(C(F)(F)F)c1. The third-order valence-corrected chi connectivity index (χ3v) is 1.73. The Labute approximate surface area is 89.8 Å². The number of nitrogens with zero attached hydrogens (tertiary/aromatic N) is 1. The van der Waals surface area contributed by atoms with Gasteiger partial charge in [-0.15, -0.1) is 4.99 Å². The first-order valence-electron chi connectivity index (χ1n) is 4.25. The molecule has 0 fully saturated rings. The summed E-state index contributed by atoms with van der Waals surface area (Å²) in [5.74, 6) is 2.43. The van der Waals surface area contributed by atoms with Gasteiger partial charge in [0.1, 0.15) is 0 Å². The van der Waals surface area contributed by atoms with E-state index in [1.165, 1.54) is 18.2 Å². The zero-order chi connectivity index (χ0) is 12.0. The molecule has 0 saturated carbocycles. The Hall–Kier alpha value is -2.05. The van der Waals surface area contributed by atoms with Crippen molar-refractivity contribution in [3.05, 3.63) is 35.4 Å². The fourth-order valence-corrected chi connectivity index (χ4v) is 1.06. The molecule has 1 aromatic carbocycles. The summed E-state index contributed by atoms with van der Waals surface area (Å²) in [7, 11) is 0. The van der Waals surface area contributed by atoms with Gasteiger partial charge in [0.15, 0.2) is 0 Å². The summed E-state index contributed by atoms with van der Waals surface area (Å²) >= 11 is 0. The van der Waals surface area contributed by atoms with Crippen LogP contribution in [0.1, 0.15) is 11.1 Å². The summed E-state index contributed by atoms with van der Waals surface area (Å²) in [6.45, 7) is 0. The first-order chi connectivity index (χ1) is 7.54. The minimum atomic E-state index is -4.36. The molecule has 0 amide bonds. The second-order valence-corrected chi connectivity index (χ2v) is 2.87. The number of carbonyl (C=O) groups excluding carboxylic acids is 1. The van der Waals surface area contributed by atoms with Crippen LogP contribution < -0.4 is 0 Å². The molecule has 82 valence electrons. The van der Waals surface area contributed by atoms with Gasteiger partial charge in [0, 0.05) is 12.5 Å². The minimum Gasteiger partial charge on any atom is -0.210 e. The van der Waals surface area contributed by atoms with E-state index in [1.807, 2.05) is 0 Å². The Bertz CT molecular complexity index is 476. The molecule has 0 atom stereocenters. The summed E-state index contributed by atoms with van der Waals surface area (Å²) < 4.78 is 36.9. The fourth-order valence-electron chi connectivity index (χ4n) is 1.06. The normalized spacial score (nSPS) is 9.94. The number of isocyanates is 1. The van der Waals surface area contributed by atoms with Gasteiger partial charge in [0.2, 0.25) is 6.08 Å². The highest BCUT2D eigenvalue weighted by atomic mass is 19.4. The number of benzene rings is 1. The maximum Gasteiger partial charge on any atom is 0.416 e. The second-order valence-electron chi connectivity index (χ2n) is 2.87. The Morgan fingerprint density at radius 1 is 1.31 bits per heavy atom. The van der Waals surface area contributed by atoms with Crippen molar-refractivity contribution in [2.24, 2.45) is 4.99 Å². The smallest absolute Gasteiger partial charge is 0.210 e. The quantitative estimate of drug-likeness (QED) is 0.410. The zero-order valence-electron chi connectivity index (χ0n) is 8.01. The van der Waals surface area contributed by atoms with E-state index in [-0.39, 0.29) is 6.42 Å². The average molecular weight is 225 g/mol. The molecular formula is C11H6F3NO. The van der Waals surface area contributed by atoms with Crippen molar-refractivity contribution in [1.82, 2.24) is 0 Å². The molecule has 0 heterocycles. The van der Waals surface area contributed by atoms with E-state index >= 15 is 0 Å². The van der Waals surface area contributed by atoms with E-state index in [9.17, 15) is 18.0 Å². The predicted molar refractivity (Wildman–Crippen MR) is 51.0 cm³/mol. The first kappa shape index (κ1) is 12.0. The van der Waals surface area contributed by atoms with Crippen LogP contribution in [0.2, 0.25) is 0 Å². The van der Waals surface area contributed by atoms with Crippen molar-refractivity contribution < 1.29 is 18.0 Å². The van der Waals surface area contributed by atoms with Gasteiger partial charge in [-0.2, -0.15) is 13.2 Å². The van der Waals surface area contributed by atoms with Crippen molar-refractivity contribution in [2.75, 3.05) is 0 Å². The maximum absolute atomic E-state index is 12.3. The van der Waals surface area contributed by atoms with Crippen molar-refractivity contribution in [3.63, 3.8) is 0 Å². The molecule has 0 bridgehead atoms. The molecule has 5 heteroatoms. The molecule has 2 nitrogen and oxygen atoms in total. The predicted octanol–water partition coefficient (Wildman–Crippen LogP) is 2.54. The maximum atomic E-state index is 12.3. The van der Waals surface area contributed by atoms with E-state index in [0.717, 1.165) is 12.1 Å². The van der Waals surface area contributed by atoms with Crippen molar-refractivity contribution in [1.29, 1.82) is 0 Å². The lowest BCUT2D eigenvalue weighted by molar-refractivity contribution is -0.137. The van der Waals surface area contributed by atoms with Gasteiger partial charge in [0.25, 0.3) is 0 Å². The number of halogens is 3. The van der Waals surface area contributed by atoms with E-state index in [1.54, 1.807) is 0 Å². The fraction of sp³-hybridized carbons (Fsp3) is 0.182. The van der Waals surface area contributed by atoms with E-state index in [4.69, 9.17) is 0 Å². The van der Waals surface area contributed by atoms with Gasteiger partial charge in [-0.3, -0.25) is 0 Å². The van der Waals surface area contributed by atoms with Crippen molar-refractivity contribution in [3.8, 4) is 12.0 Å². The molecule has 0 aromatic heterocycles.